The van der Waals surface area contributed by atoms with E-state index in [4.69, 9.17) is 0 Å². The van der Waals surface area contributed by atoms with Crippen molar-refractivity contribution in [2.45, 2.75) is 26.1 Å². The summed E-state index contributed by atoms with van der Waals surface area (Å²) in [5.41, 5.74) is 1.33. The van der Waals surface area contributed by atoms with Crippen LogP contribution in [-0.4, -0.2) is 58.2 Å². The van der Waals surface area contributed by atoms with Crippen molar-refractivity contribution in [1.29, 1.82) is 0 Å². The van der Waals surface area contributed by atoms with Gasteiger partial charge >= 0.3 is 6.18 Å². The van der Waals surface area contributed by atoms with Crippen LogP contribution in [0.15, 0.2) is 30.3 Å². The predicted molar refractivity (Wildman–Crippen MR) is 98.2 cm³/mol. The number of alkyl halides is 3. The van der Waals surface area contributed by atoms with Crippen molar-refractivity contribution in [2.24, 2.45) is 0 Å². The van der Waals surface area contributed by atoms with Crippen LogP contribution in [0.4, 0.5) is 24.7 Å². The Morgan fingerprint density at radius 3 is 2.46 bits per heavy atom. The zero-order chi connectivity index (χ0) is 20.5. The van der Waals surface area contributed by atoms with Gasteiger partial charge < -0.3 is 4.90 Å². The van der Waals surface area contributed by atoms with E-state index in [1.54, 1.807) is 25.1 Å². The number of non-ortho nitro benzene ring substituents is 1. The fourth-order valence-electron chi connectivity index (χ4n) is 3.24. The smallest absolute Gasteiger partial charge is 0.354 e. The van der Waals surface area contributed by atoms with Crippen molar-refractivity contribution in [1.82, 2.24) is 14.9 Å². The average molecular weight is 395 g/mol. The third kappa shape index (κ3) is 4.75. The number of aryl methyl sites for hydroxylation is 1. The van der Waals surface area contributed by atoms with E-state index in [2.05, 4.69) is 9.97 Å². The highest BCUT2D eigenvalue weighted by Gasteiger charge is 2.35. The van der Waals surface area contributed by atoms with E-state index in [9.17, 15) is 23.3 Å². The molecule has 0 saturated carbocycles. The highest BCUT2D eigenvalue weighted by molar-refractivity contribution is 5.60. The standard InChI is InChI=1S/C18H20F3N5O2/c1-12-9-16(24-7-8-25(13(2)10-24)11-18(19,20)21)23-17(22-12)14-3-5-15(6-4-14)26(27)28/h3-6,9,13H,7-8,10-11H2,1-2H3. The number of rotatable bonds is 4. The lowest BCUT2D eigenvalue weighted by Gasteiger charge is -2.40. The summed E-state index contributed by atoms with van der Waals surface area (Å²) in [7, 11) is 0. The third-order valence-electron chi connectivity index (χ3n) is 4.65. The topological polar surface area (TPSA) is 75.4 Å². The Balaban J connectivity index is 1.79. The van der Waals surface area contributed by atoms with Crippen LogP contribution >= 0.6 is 0 Å². The fourth-order valence-corrected chi connectivity index (χ4v) is 3.24. The van der Waals surface area contributed by atoms with Gasteiger partial charge in [-0.3, -0.25) is 15.0 Å². The Hall–Kier alpha value is -2.75. The monoisotopic (exact) mass is 395 g/mol. The van der Waals surface area contributed by atoms with Gasteiger partial charge in [0.15, 0.2) is 5.82 Å². The molecule has 0 amide bonds. The molecule has 1 aromatic heterocycles. The normalized spacial score (nSPS) is 18.3. The first-order valence-corrected chi connectivity index (χ1v) is 8.78. The Morgan fingerprint density at radius 1 is 1.21 bits per heavy atom. The van der Waals surface area contributed by atoms with E-state index in [1.807, 2.05) is 11.8 Å². The number of nitro benzene ring substituents is 1. The minimum Gasteiger partial charge on any atom is -0.354 e. The van der Waals surface area contributed by atoms with Crippen molar-refractivity contribution in [3.8, 4) is 11.4 Å². The van der Waals surface area contributed by atoms with Gasteiger partial charge in [0, 0.05) is 55.1 Å². The molecule has 0 aliphatic carbocycles. The quantitative estimate of drug-likeness (QED) is 0.583. The first-order valence-electron chi connectivity index (χ1n) is 8.78. The van der Waals surface area contributed by atoms with Crippen molar-refractivity contribution in [3.63, 3.8) is 0 Å². The molecule has 1 unspecified atom stereocenters. The van der Waals surface area contributed by atoms with Crippen LogP contribution in [0.2, 0.25) is 0 Å². The summed E-state index contributed by atoms with van der Waals surface area (Å²) in [5.74, 6) is 1.06. The molecule has 0 spiro atoms. The lowest BCUT2D eigenvalue weighted by molar-refractivity contribution is -0.384. The molecule has 0 radical (unpaired) electrons. The van der Waals surface area contributed by atoms with Crippen molar-refractivity contribution >= 4 is 11.5 Å². The number of halogens is 3. The summed E-state index contributed by atoms with van der Waals surface area (Å²) in [4.78, 5) is 22.6. The van der Waals surface area contributed by atoms with E-state index in [0.717, 1.165) is 0 Å². The Labute approximate surface area is 160 Å². The number of aromatic nitrogens is 2. The molecule has 1 atom stereocenters. The van der Waals surface area contributed by atoms with Gasteiger partial charge in [-0.1, -0.05) is 0 Å². The molecule has 150 valence electrons. The summed E-state index contributed by atoms with van der Waals surface area (Å²) in [6, 6.07) is 7.47. The average Bonchev–Trinajstić information content (AvgIpc) is 2.62. The lowest BCUT2D eigenvalue weighted by atomic mass is 10.1. The molecule has 1 aliphatic rings. The lowest BCUT2D eigenvalue weighted by Crippen LogP contribution is -2.54. The highest BCUT2D eigenvalue weighted by atomic mass is 19.4. The summed E-state index contributed by atoms with van der Waals surface area (Å²) in [6.07, 6.45) is -4.22. The SMILES string of the molecule is Cc1cc(N2CCN(CC(F)(F)F)C(C)C2)nc(-c2ccc([N+](=O)[O-])cc2)n1. The third-order valence-corrected chi connectivity index (χ3v) is 4.65. The second-order valence-corrected chi connectivity index (χ2v) is 6.88. The summed E-state index contributed by atoms with van der Waals surface area (Å²) in [6.45, 7) is 3.80. The van der Waals surface area contributed by atoms with Crippen molar-refractivity contribution in [3.05, 3.63) is 46.1 Å². The number of nitro groups is 1. The van der Waals surface area contributed by atoms with Gasteiger partial charge in [-0.25, -0.2) is 9.97 Å². The van der Waals surface area contributed by atoms with Crippen LogP contribution in [0.1, 0.15) is 12.6 Å². The number of hydrogen-bond acceptors (Lipinski definition) is 6. The molecular formula is C18H20F3N5O2. The molecule has 1 aromatic carbocycles. The van der Waals surface area contributed by atoms with E-state index in [1.165, 1.54) is 17.0 Å². The second kappa shape index (κ2) is 7.70. The zero-order valence-electron chi connectivity index (χ0n) is 15.5. The molecule has 2 heterocycles. The number of anilines is 1. The van der Waals surface area contributed by atoms with Gasteiger partial charge in [0.1, 0.15) is 5.82 Å². The maximum absolute atomic E-state index is 12.7. The largest absolute Gasteiger partial charge is 0.401 e. The molecule has 3 rings (SSSR count). The second-order valence-electron chi connectivity index (χ2n) is 6.88. The molecule has 2 aromatic rings. The molecule has 0 N–H and O–H groups in total. The van der Waals surface area contributed by atoms with Crippen LogP contribution in [-0.2, 0) is 0 Å². The van der Waals surface area contributed by atoms with Gasteiger partial charge in [0.05, 0.1) is 11.5 Å². The predicted octanol–water partition coefficient (Wildman–Crippen LogP) is 3.43. The maximum atomic E-state index is 12.7. The van der Waals surface area contributed by atoms with Gasteiger partial charge in [0.2, 0.25) is 0 Å². The Kier molecular flexibility index (Phi) is 5.50. The molecule has 1 aliphatic heterocycles. The number of hydrogen-bond donors (Lipinski definition) is 0. The van der Waals surface area contributed by atoms with Crippen LogP contribution < -0.4 is 4.90 Å². The summed E-state index contributed by atoms with van der Waals surface area (Å²) >= 11 is 0. The van der Waals surface area contributed by atoms with E-state index in [-0.39, 0.29) is 18.3 Å². The van der Waals surface area contributed by atoms with Gasteiger partial charge in [-0.2, -0.15) is 13.2 Å². The minimum atomic E-state index is -4.22. The molecule has 0 bridgehead atoms. The number of nitrogens with zero attached hydrogens (tertiary/aromatic N) is 5. The summed E-state index contributed by atoms with van der Waals surface area (Å²) in [5, 5.41) is 10.8. The zero-order valence-corrected chi connectivity index (χ0v) is 15.5. The molecule has 10 heteroatoms. The Morgan fingerprint density at radius 2 is 1.89 bits per heavy atom. The van der Waals surface area contributed by atoms with Gasteiger partial charge in [-0.05, 0) is 26.0 Å². The fraction of sp³-hybridized carbons (Fsp3) is 0.444. The van der Waals surface area contributed by atoms with Crippen LogP contribution in [0.5, 0.6) is 0 Å². The van der Waals surface area contributed by atoms with Crippen molar-refractivity contribution in [2.75, 3.05) is 31.1 Å². The van der Waals surface area contributed by atoms with E-state index in [0.29, 0.717) is 36.0 Å². The molecule has 1 saturated heterocycles. The first kappa shape index (κ1) is 20.0. The van der Waals surface area contributed by atoms with Crippen LogP contribution in [0, 0.1) is 17.0 Å². The van der Waals surface area contributed by atoms with Gasteiger partial charge in [-0.15, -0.1) is 0 Å². The van der Waals surface area contributed by atoms with Crippen LogP contribution in [0.25, 0.3) is 11.4 Å². The Bertz CT molecular complexity index is 857. The number of piperazine rings is 1. The van der Waals surface area contributed by atoms with Gasteiger partial charge in [0.25, 0.3) is 5.69 Å². The minimum absolute atomic E-state index is 0.0220. The number of benzene rings is 1. The van der Waals surface area contributed by atoms with E-state index < -0.39 is 17.6 Å². The summed E-state index contributed by atoms with van der Waals surface area (Å²) < 4.78 is 38.1. The molecule has 28 heavy (non-hydrogen) atoms. The highest BCUT2D eigenvalue weighted by Crippen LogP contribution is 2.25. The van der Waals surface area contributed by atoms with E-state index >= 15 is 0 Å². The van der Waals surface area contributed by atoms with Crippen molar-refractivity contribution < 1.29 is 18.1 Å². The maximum Gasteiger partial charge on any atom is 0.401 e. The molecule has 1 fully saturated rings. The first-order chi connectivity index (χ1) is 13.1. The molecule has 7 nitrogen and oxygen atoms in total. The van der Waals surface area contributed by atoms with Crippen LogP contribution in [0.3, 0.4) is 0 Å². The molecular weight excluding hydrogens is 375 g/mol.